The average Bonchev–Trinajstić information content (AvgIpc) is 2.81. The summed E-state index contributed by atoms with van der Waals surface area (Å²) in [6.45, 7) is 3.20. The fraction of sp³-hybridized carbons (Fsp3) is 0.417. The van der Waals surface area contributed by atoms with Gasteiger partial charge in [0.15, 0.2) is 0 Å². The molecule has 0 aromatic heterocycles. The number of sulfonamides is 1. The monoisotopic (exact) mass is 265 g/mol. The molecule has 1 heterocycles. The number of nitrogens with zero attached hydrogens (tertiary/aromatic N) is 1. The van der Waals surface area contributed by atoms with Crippen LogP contribution in [0, 0.1) is 18.3 Å². The zero-order chi connectivity index (χ0) is 13.2. The fourth-order valence-corrected chi connectivity index (χ4v) is 3.54. The van der Waals surface area contributed by atoms with E-state index in [1.54, 1.807) is 19.1 Å². The van der Waals surface area contributed by atoms with Crippen molar-refractivity contribution in [3.63, 3.8) is 0 Å². The van der Waals surface area contributed by atoms with Crippen molar-refractivity contribution >= 4 is 10.0 Å². The van der Waals surface area contributed by atoms with E-state index in [0.29, 0.717) is 17.7 Å². The molecular weight excluding hydrogens is 250 g/mol. The van der Waals surface area contributed by atoms with E-state index in [1.807, 2.05) is 6.07 Å². The van der Waals surface area contributed by atoms with Gasteiger partial charge in [0.2, 0.25) is 10.0 Å². The highest BCUT2D eigenvalue weighted by Crippen LogP contribution is 2.17. The summed E-state index contributed by atoms with van der Waals surface area (Å²) < 4.78 is 27.1. The first-order chi connectivity index (χ1) is 8.53. The van der Waals surface area contributed by atoms with E-state index in [1.165, 1.54) is 6.07 Å². The van der Waals surface area contributed by atoms with Crippen molar-refractivity contribution in [2.45, 2.75) is 24.3 Å². The molecule has 0 bridgehead atoms. The van der Waals surface area contributed by atoms with Crippen molar-refractivity contribution in [3.8, 4) is 6.07 Å². The average molecular weight is 265 g/mol. The summed E-state index contributed by atoms with van der Waals surface area (Å²) in [5.74, 6) is 0. The van der Waals surface area contributed by atoms with Crippen molar-refractivity contribution in [2.75, 3.05) is 13.1 Å². The Morgan fingerprint density at radius 1 is 1.50 bits per heavy atom. The zero-order valence-corrected chi connectivity index (χ0v) is 10.9. The first-order valence-corrected chi connectivity index (χ1v) is 7.25. The number of benzene rings is 1. The van der Waals surface area contributed by atoms with Crippen LogP contribution in [0.5, 0.6) is 0 Å². The van der Waals surface area contributed by atoms with E-state index >= 15 is 0 Å². The largest absolute Gasteiger partial charge is 0.315 e. The molecule has 1 aliphatic rings. The second-order valence-electron chi connectivity index (χ2n) is 4.40. The molecule has 1 atom stereocenters. The SMILES string of the molecule is Cc1ccc(C#N)cc1S(=O)(=O)N[C@@H]1CCNC1. The summed E-state index contributed by atoms with van der Waals surface area (Å²) in [5, 5.41) is 11.9. The van der Waals surface area contributed by atoms with Gasteiger partial charge in [0.25, 0.3) is 0 Å². The molecule has 0 radical (unpaired) electrons. The number of aryl methyl sites for hydroxylation is 1. The Bertz CT molecular complexity index is 584. The summed E-state index contributed by atoms with van der Waals surface area (Å²) in [4.78, 5) is 0.188. The van der Waals surface area contributed by atoms with Crippen LogP contribution in [-0.2, 0) is 10.0 Å². The zero-order valence-electron chi connectivity index (χ0n) is 10.1. The lowest BCUT2D eigenvalue weighted by atomic mass is 10.2. The summed E-state index contributed by atoms with van der Waals surface area (Å²) in [6.07, 6.45) is 0.788. The molecule has 0 saturated carbocycles. The molecule has 1 aromatic rings. The van der Waals surface area contributed by atoms with Gasteiger partial charge < -0.3 is 5.32 Å². The van der Waals surface area contributed by atoms with Gasteiger partial charge in [0.1, 0.15) is 0 Å². The first kappa shape index (κ1) is 13.0. The summed E-state index contributed by atoms with van der Waals surface area (Å²) >= 11 is 0. The van der Waals surface area contributed by atoms with Crippen LogP contribution in [-0.4, -0.2) is 27.5 Å². The Morgan fingerprint density at radius 3 is 2.89 bits per heavy atom. The highest BCUT2D eigenvalue weighted by Gasteiger charge is 2.24. The van der Waals surface area contributed by atoms with Gasteiger partial charge in [0.05, 0.1) is 16.5 Å². The van der Waals surface area contributed by atoms with Gasteiger partial charge in [-0.05, 0) is 37.6 Å². The van der Waals surface area contributed by atoms with Crippen molar-refractivity contribution < 1.29 is 8.42 Å². The maximum Gasteiger partial charge on any atom is 0.241 e. The summed E-state index contributed by atoms with van der Waals surface area (Å²) in [6, 6.07) is 6.57. The van der Waals surface area contributed by atoms with Crippen LogP contribution < -0.4 is 10.0 Å². The molecule has 0 aliphatic carbocycles. The van der Waals surface area contributed by atoms with Crippen molar-refractivity contribution in [3.05, 3.63) is 29.3 Å². The highest BCUT2D eigenvalue weighted by atomic mass is 32.2. The lowest BCUT2D eigenvalue weighted by molar-refractivity contribution is 0.559. The van der Waals surface area contributed by atoms with Crippen LogP contribution in [0.2, 0.25) is 0 Å². The molecule has 6 heteroatoms. The molecule has 0 unspecified atom stereocenters. The third kappa shape index (κ3) is 2.70. The Morgan fingerprint density at radius 2 is 2.28 bits per heavy atom. The van der Waals surface area contributed by atoms with E-state index in [2.05, 4.69) is 10.0 Å². The topological polar surface area (TPSA) is 82.0 Å². The summed E-state index contributed by atoms with van der Waals surface area (Å²) in [7, 11) is -3.55. The van der Waals surface area contributed by atoms with E-state index in [0.717, 1.165) is 13.0 Å². The normalized spacial score (nSPS) is 19.7. The smallest absolute Gasteiger partial charge is 0.241 e. The Kier molecular flexibility index (Phi) is 3.66. The standard InChI is InChI=1S/C12H15N3O2S/c1-9-2-3-10(7-13)6-12(9)18(16,17)15-11-4-5-14-8-11/h2-3,6,11,14-15H,4-5,8H2,1H3/t11-/m1/s1. The lowest BCUT2D eigenvalue weighted by Gasteiger charge is -2.13. The molecule has 2 N–H and O–H groups in total. The molecule has 18 heavy (non-hydrogen) atoms. The highest BCUT2D eigenvalue weighted by molar-refractivity contribution is 7.89. The van der Waals surface area contributed by atoms with Gasteiger partial charge in [-0.1, -0.05) is 6.07 Å². The quantitative estimate of drug-likeness (QED) is 0.834. The van der Waals surface area contributed by atoms with Crippen LogP contribution >= 0.6 is 0 Å². The Hall–Kier alpha value is -1.42. The predicted molar refractivity (Wildman–Crippen MR) is 67.5 cm³/mol. The minimum atomic E-state index is -3.55. The molecule has 0 amide bonds. The van der Waals surface area contributed by atoms with Crippen molar-refractivity contribution in [2.24, 2.45) is 0 Å². The fourth-order valence-electron chi connectivity index (χ4n) is 2.00. The molecular formula is C12H15N3O2S. The van der Waals surface area contributed by atoms with Gasteiger partial charge in [-0.2, -0.15) is 5.26 Å². The number of rotatable bonds is 3. The maximum absolute atomic E-state index is 12.2. The number of nitriles is 1. The van der Waals surface area contributed by atoms with E-state index < -0.39 is 10.0 Å². The van der Waals surface area contributed by atoms with Crippen LogP contribution in [0.3, 0.4) is 0 Å². The Labute approximate surface area is 107 Å². The van der Waals surface area contributed by atoms with Crippen molar-refractivity contribution in [1.82, 2.24) is 10.0 Å². The second kappa shape index (κ2) is 5.06. The molecule has 1 aromatic carbocycles. The van der Waals surface area contributed by atoms with Crippen LogP contribution in [0.1, 0.15) is 17.5 Å². The van der Waals surface area contributed by atoms with Gasteiger partial charge in [-0.25, -0.2) is 13.1 Å². The molecule has 1 aliphatic heterocycles. The maximum atomic E-state index is 12.2. The van der Waals surface area contributed by atoms with E-state index in [4.69, 9.17) is 5.26 Å². The van der Waals surface area contributed by atoms with Gasteiger partial charge in [-0.15, -0.1) is 0 Å². The first-order valence-electron chi connectivity index (χ1n) is 5.77. The molecule has 1 fully saturated rings. The van der Waals surface area contributed by atoms with Crippen LogP contribution in [0.25, 0.3) is 0 Å². The van der Waals surface area contributed by atoms with Gasteiger partial charge in [-0.3, -0.25) is 0 Å². The minimum absolute atomic E-state index is 0.0693. The second-order valence-corrected chi connectivity index (χ2v) is 6.09. The minimum Gasteiger partial charge on any atom is -0.315 e. The molecule has 1 saturated heterocycles. The molecule has 96 valence electrons. The molecule has 5 nitrogen and oxygen atoms in total. The number of hydrogen-bond donors (Lipinski definition) is 2. The van der Waals surface area contributed by atoms with Crippen LogP contribution in [0.4, 0.5) is 0 Å². The van der Waals surface area contributed by atoms with E-state index in [9.17, 15) is 8.42 Å². The number of hydrogen-bond acceptors (Lipinski definition) is 4. The molecule has 0 spiro atoms. The predicted octanol–water partition coefficient (Wildman–Crippen LogP) is 0.507. The van der Waals surface area contributed by atoms with Crippen molar-refractivity contribution in [1.29, 1.82) is 5.26 Å². The van der Waals surface area contributed by atoms with Gasteiger partial charge in [0, 0.05) is 12.6 Å². The lowest BCUT2D eigenvalue weighted by Crippen LogP contribution is -2.36. The number of nitrogens with one attached hydrogen (secondary N) is 2. The Balaban J connectivity index is 2.31. The molecule has 2 rings (SSSR count). The van der Waals surface area contributed by atoms with Crippen LogP contribution in [0.15, 0.2) is 23.1 Å². The van der Waals surface area contributed by atoms with E-state index in [-0.39, 0.29) is 10.9 Å². The summed E-state index contributed by atoms with van der Waals surface area (Å²) in [5.41, 5.74) is 0.998. The van der Waals surface area contributed by atoms with Gasteiger partial charge >= 0.3 is 0 Å². The third-order valence-corrected chi connectivity index (χ3v) is 4.65. The third-order valence-electron chi connectivity index (χ3n) is 2.99.